The van der Waals surface area contributed by atoms with Gasteiger partial charge in [0.15, 0.2) is 5.96 Å². The Morgan fingerprint density at radius 1 is 0.938 bits per heavy atom. The lowest BCUT2D eigenvalue weighted by atomic mass is 10.1. The van der Waals surface area contributed by atoms with Crippen molar-refractivity contribution >= 4 is 11.9 Å². The number of nitrogens with one attached hydrogen (secondary N) is 2. The minimum atomic E-state index is 0.825. The van der Waals surface area contributed by atoms with Crippen LogP contribution in [0, 0.1) is 0 Å². The first-order chi connectivity index (χ1) is 15.8. The van der Waals surface area contributed by atoms with Gasteiger partial charge in [-0.15, -0.1) is 0 Å². The van der Waals surface area contributed by atoms with Crippen molar-refractivity contribution in [3.05, 3.63) is 66.7 Å². The first-order valence-electron chi connectivity index (χ1n) is 11.1. The van der Waals surface area contributed by atoms with Gasteiger partial charge in [-0.3, -0.25) is 9.89 Å². The van der Waals surface area contributed by atoms with Gasteiger partial charge in [-0.25, -0.2) is 14.6 Å². The van der Waals surface area contributed by atoms with E-state index in [9.17, 15) is 0 Å². The summed E-state index contributed by atoms with van der Waals surface area (Å²) in [5.74, 6) is 1.67. The first-order valence-corrected chi connectivity index (χ1v) is 11.1. The quantitative estimate of drug-likeness (QED) is 0.408. The minimum absolute atomic E-state index is 0.825. The van der Waals surface area contributed by atoms with E-state index in [0.717, 1.165) is 69.8 Å². The molecule has 168 valence electrons. The molecule has 9 heteroatoms. The largest absolute Gasteiger partial charge is 0.356 e. The zero-order valence-electron chi connectivity index (χ0n) is 18.6. The van der Waals surface area contributed by atoms with Crippen molar-refractivity contribution in [1.29, 1.82) is 0 Å². The fourth-order valence-corrected chi connectivity index (χ4v) is 3.74. The number of aliphatic imine (C=N–C) groups is 1. The van der Waals surface area contributed by atoms with Crippen molar-refractivity contribution in [3.63, 3.8) is 0 Å². The molecule has 1 fully saturated rings. The predicted octanol–water partition coefficient (Wildman–Crippen LogP) is 1.19. The Balaban J connectivity index is 1.12. The highest BCUT2D eigenvalue weighted by Crippen LogP contribution is 2.10. The molecule has 0 unspecified atom stereocenters. The number of hydrogen-bond donors (Lipinski definition) is 2. The van der Waals surface area contributed by atoms with Crippen LogP contribution >= 0.6 is 0 Å². The second-order valence-electron chi connectivity index (χ2n) is 7.67. The van der Waals surface area contributed by atoms with Crippen molar-refractivity contribution < 1.29 is 0 Å². The van der Waals surface area contributed by atoms with Gasteiger partial charge in [0.2, 0.25) is 5.95 Å². The predicted molar refractivity (Wildman–Crippen MR) is 127 cm³/mol. The third-order valence-corrected chi connectivity index (χ3v) is 5.56. The third-order valence-electron chi connectivity index (χ3n) is 5.56. The fraction of sp³-hybridized carbons (Fsp3) is 0.391. The summed E-state index contributed by atoms with van der Waals surface area (Å²) in [6.45, 7) is 6.61. The standard InChI is InChI=1S/C23H31N9/c1-24-22(25-12-8-20-4-6-21(7-5-20)32-14-3-11-29-32)26-13-15-30-16-18-31(19-17-30)23-27-9-2-10-28-23/h2-7,9-11,14H,8,12-13,15-19H2,1H3,(H2,24,25,26). The first kappa shape index (κ1) is 21.8. The van der Waals surface area contributed by atoms with Crippen LogP contribution < -0.4 is 15.5 Å². The second kappa shape index (κ2) is 11.2. The average molecular weight is 434 g/mol. The molecule has 3 heterocycles. The molecule has 1 saturated heterocycles. The SMILES string of the molecule is CN=C(NCCc1ccc(-n2cccn2)cc1)NCCN1CCN(c2ncccn2)CC1. The monoisotopic (exact) mass is 433 g/mol. The lowest BCUT2D eigenvalue weighted by molar-refractivity contribution is 0.260. The van der Waals surface area contributed by atoms with E-state index >= 15 is 0 Å². The Morgan fingerprint density at radius 3 is 2.38 bits per heavy atom. The summed E-state index contributed by atoms with van der Waals surface area (Å²) in [6.07, 6.45) is 8.27. The van der Waals surface area contributed by atoms with Crippen LogP contribution in [0.25, 0.3) is 5.69 Å². The van der Waals surface area contributed by atoms with Crippen LogP contribution in [0.1, 0.15) is 5.56 Å². The summed E-state index contributed by atoms with van der Waals surface area (Å²) in [7, 11) is 1.81. The maximum atomic E-state index is 4.35. The Morgan fingerprint density at radius 2 is 1.69 bits per heavy atom. The summed E-state index contributed by atoms with van der Waals surface area (Å²) in [6, 6.07) is 12.3. The molecule has 0 aliphatic carbocycles. The number of benzene rings is 1. The average Bonchev–Trinajstić information content (AvgIpc) is 3.39. The number of hydrogen-bond acceptors (Lipinski definition) is 6. The third kappa shape index (κ3) is 6.04. The van der Waals surface area contributed by atoms with Gasteiger partial charge in [-0.1, -0.05) is 12.1 Å². The van der Waals surface area contributed by atoms with Crippen molar-refractivity contribution in [3.8, 4) is 5.69 Å². The molecule has 2 N–H and O–H groups in total. The second-order valence-corrected chi connectivity index (χ2v) is 7.67. The molecule has 3 aromatic rings. The highest BCUT2D eigenvalue weighted by molar-refractivity contribution is 5.79. The lowest BCUT2D eigenvalue weighted by Crippen LogP contribution is -2.49. The van der Waals surface area contributed by atoms with E-state index in [4.69, 9.17) is 0 Å². The molecule has 32 heavy (non-hydrogen) atoms. The molecule has 2 aromatic heterocycles. The van der Waals surface area contributed by atoms with Crippen LogP contribution in [0.5, 0.6) is 0 Å². The van der Waals surface area contributed by atoms with Crippen LogP contribution in [-0.4, -0.2) is 83.5 Å². The van der Waals surface area contributed by atoms with Gasteiger partial charge in [0.1, 0.15) is 0 Å². The zero-order chi connectivity index (χ0) is 22.0. The number of rotatable bonds is 8. The van der Waals surface area contributed by atoms with Gasteiger partial charge < -0.3 is 15.5 Å². The van der Waals surface area contributed by atoms with Crippen LogP contribution in [0.15, 0.2) is 66.2 Å². The molecule has 1 aliphatic heterocycles. The lowest BCUT2D eigenvalue weighted by Gasteiger charge is -2.34. The zero-order valence-corrected chi connectivity index (χ0v) is 18.6. The molecule has 9 nitrogen and oxygen atoms in total. The molecule has 0 saturated carbocycles. The number of anilines is 1. The van der Waals surface area contributed by atoms with Gasteiger partial charge in [-0.05, 0) is 36.2 Å². The molecule has 0 amide bonds. The summed E-state index contributed by atoms with van der Waals surface area (Å²) >= 11 is 0. The van der Waals surface area contributed by atoms with E-state index in [1.807, 2.05) is 30.1 Å². The summed E-state index contributed by atoms with van der Waals surface area (Å²) in [4.78, 5) is 17.7. The Bertz CT molecular complexity index is 947. The van der Waals surface area contributed by atoms with E-state index in [-0.39, 0.29) is 0 Å². The van der Waals surface area contributed by atoms with Crippen molar-refractivity contribution in [2.75, 3.05) is 57.8 Å². The summed E-state index contributed by atoms with van der Waals surface area (Å²) < 4.78 is 1.86. The smallest absolute Gasteiger partial charge is 0.225 e. The normalized spacial score (nSPS) is 15.0. The van der Waals surface area contributed by atoms with Crippen LogP contribution in [0.2, 0.25) is 0 Å². The minimum Gasteiger partial charge on any atom is -0.356 e. The van der Waals surface area contributed by atoms with Gasteiger partial charge >= 0.3 is 0 Å². The molecule has 0 atom stereocenters. The van der Waals surface area contributed by atoms with Crippen molar-refractivity contribution in [2.24, 2.45) is 4.99 Å². The molecule has 1 aromatic carbocycles. The number of guanidine groups is 1. The molecule has 1 aliphatic rings. The molecular formula is C23H31N9. The Labute approximate surface area is 189 Å². The number of nitrogens with zero attached hydrogens (tertiary/aromatic N) is 7. The van der Waals surface area contributed by atoms with Gasteiger partial charge in [-0.2, -0.15) is 5.10 Å². The van der Waals surface area contributed by atoms with E-state index in [0.29, 0.717) is 0 Å². The molecule has 0 bridgehead atoms. The van der Waals surface area contributed by atoms with Crippen LogP contribution in [0.3, 0.4) is 0 Å². The fourth-order valence-electron chi connectivity index (χ4n) is 3.74. The number of aromatic nitrogens is 4. The topological polar surface area (TPSA) is 86.5 Å². The van der Waals surface area contributed by atoms with Gasteiger partial charge in [0.25, 0.3) is 0 Å². The molecule has 4 rings (SSSR count). The van der Waals surface area contributed by atoms with Crippen molar-refractivity contribution in [1.82, 2.24) is 35.3 Å². The van der Waals surface area contributed by atoms with Crippen molar-refractivity contribution in [2.45, 2.75) is 6.42 Å². The van der Waals surface area contributed by atoms with Gasteiger partial charge in [0, 0.05) is 77.6 Å². The summed E-state index contributed by atoms with van der Waals surface area (Å²) in [5, 5.41) is 11.1. The molecule has 0 spiro atoms. The highest BCUT2D eigenvalue weighted by atomic mass is 15.3. The van der Waals surface area contributed by atoms with E-state index in [1.54, 1.807) is 18.6 Å². The van der Waals surface area contributed by atoms with Crippen LogP contribution in [0.4, 0.5) is 5.95 Å². The maximum Gasteiger partial charge on any atom is 0.225 e. The van der Waals surface area contributed by atoms with Crippen LogP contribution in [-0.2, 0) is 6.42 Å². The van der Waals surface area contributed by atoms with E-state index < -0.39 is 0 Å². The molecule has 0 radical (unpaired) electrons. The summed E-state index contributed by atoms with van der Waals surface area (Å²) in [5.41, 5.74) is 2.35. The highest BCUT2D eigenvalue weighted by Gasteiger charge is 2.18. The number of piperazine rings is 1. The Hall–Kier alpha value is -3.46. The Kier molecular flexibility index (Phi) is 7.64. The maximum absolute atomic E-state index is 4.35. The molecular weight excluding hydrogens is 402 g/mol. The van der Waals surface area contributed by atoms with Gasteiger partial charge in [0.05, 0.1) is 5.69 Å². The van der Waals surface area contributed by atoms with E-state index in [1.165, 1.54) is 5.56 Å². The van der Waals surface area contributed by atoms with E-state index in [2.05, 4.69) is 64.8 Å².